The molecule has 3 rings (SSSR count). The minimum Gasteiger partial charge on any atom is -0.495 e. The Balaban J connectivity index is 2.03. The Labute approximate surface area is 195 Å². The van der Waals surface area contributed by atoms with Crippen LogP contribution < -0.4 is 23.8 Å². The van der Waals surface area contributed by atoms with Crippen molar-refractivity contribution >= 4 is 17.8 Å². The summed E-state index contributed by atoms with van der Waals surface area (Å²) in [5, 5.41) is 0. The zero-order valence-corrected chi connectivity index (χ0v) is 20.5. The number of rotatable bonds is 9. The molecule has 33 heavy (non-hydrogen) atoms. The minimum absolute atomic E-state index is 0.216. The maximum atomic E-state index is 13.8. The number of carbonyl (C=O) groups excluding carboxylic acids is 1. The molecule has 1 aromatic carbocycles. The van der Waals surface area contributed by atoms with E-state index in [2.05, 4.69) is 9.88 Å². The van der Waals surface area contributed by atoms with Crippen molar-refractivity contribution in [1.29, 1.82) is 0 Å². The van der Waals surface area contributed by atoms with Gasteiger partial charge in [-0.1, -0.05) is 0 Å². The van der Waals surface area contributed by atoms with E-state index in [9.17, 15) is 4.79 Å². The van der Waals surface area contributed by atoms with Gasteiger partial charge < -0.3 is 23.8 Å². The highest BCUT2D eigenvalue weighted by molar-refractivity contribution is 6.08. The summed E-state index contributed by atoms with van der Waals surface area (Å²) in [5.74, 6) is 2.23. The van der Waals surface area contributed by atoms with Crippen molar-refractivity contribution in [2.24, 2.45) is 0 Å². The van der Waals surface area contributed by atoms with E-state index in [0.29, 0.717) is 41.1 Å². The lowest BCUT2D eigenvalue weighted by Gasteiger charge is -2.30. The number of amides is 1. The highest BCUT2D eigenvalue weighted by Crippen LogP contribution is 2.40. The SMILES string of the molecule is COc1ccc(N(CCCN(C)C)C(=O)c2ccc3c(c2OC)C=CC(C)(C)O3)nc1OC. The molecular formula is C25H33N3O5. The van der Waals surface area contributed by atoms with Gasteiger partial charge in [-0.05, 0) is 77.3 Å². The van der Waals surface area contributed by atoms with Gasteiger partial charge >= 0.3 is 0 Å². The number of benzene rings is 1. The first-order valence-electron chi connectivity index (χ1n) is 10.9. The summed E-state index contributed by atoms with van der Waals surface area (Å²) in [6.45, 7) is 5.25. The number of ether oxygens (including phenoxy) is 4. The molecule has 8 nitrogen and oxygen atoms in total. The van der Waals surface area contributed by atoms with Crippen LogP contribution in [0.5, 0.6) is 23.1 Å². The zero-order chi connectivity index (χ0) is 24.2. The second-order valence-corrected chi connectivity index (χ2v) is 8.59. The molecule has 1 aromatic heterocycles. The van der Waals surface area contributed by atoms with E-state index < -0.39 is 5.60 Å². The van der Waals surface area contributed by atoms with Gasteiger partial charge in [-0.3, -0.25) is 9.69 Å². The Morgan fingerprint density at radius 3 is 2.42 bits per heavy atom. The Bertz CT molecular complexity index is 1030. The lowest BCUT2D eigenvalue weighted by Crippen LogP contribution is -2.35. The number of hydrogen-bond acceptors (Lipinski definition) is 7. The molecule has 0 fully saturated rings. The van der Waals surface area contributed by atoms with E-state index in [1.54, 1.807) is 37.3 Å². The fraction of sp³-hybridized carbons (Fsp3) is 0.440. The van der Waals surface area contributed by atoms with Gasteiger partial charge in [-0.2, -0.15) is 4.98 Å². The molecule has 0 N–H and O–H groups in total. The van der Waals surface area contributed by atoms with Gasteiger partial charge in [0.05, 0.1) is 32.5 Å². The van der Waals surface area contributed by atoms with Gasteiger partial charge in [0.2, 0.25) is 0 Å². The average Bonchev–Trinajstić information content (AvgIpc) is 2.79. The number of anilines is 1. The Kier molecular flexibility index (Phi) is 7.48. The molecular weight excluding hydrogens is 422 g/mol. The van der Waals surface area contributed by atoms with Gasteiger partial charge in [0.15, 0.2) is 5.75 Å². The first-order valence-corrected chi connectivity index (χ1v) is 10.9. The average molecular weight is 456 g/mol. The molecule has 0 radical (unpaired) electrons. The van der Waals surface area contributed by atoms with E-state index in [0.717, 1.165) is 18.5 Å². The summed E-state index contributed by atoms with van der Waals surface area (Å²) >= 11 is 0. The van der Waals surface area contributed by atoms with Crippen molar-refractivity contribution in [1.82, 2.24) is 9.88 Å². The molecule has 0 aliphatic carbocycles. The molecule has 0 spiro atoms. The predicted octanol–water partition coefficient (Wildman–Crippen LogP) is 3.89. The van der Waals surface area contributed by atoms with Gasteiger partial charge in [0.1, 0.15) is 22.9 Å². The molecule has 1 aliphatic heterocycles. The van der Waals surface area contributed by atoms with Gasteiger partial charge in [0.25, 0.3) is 11.8 Å². The molecule has 2 aromatic rings. The first-order chi connectivity index (χ1) is 15.7. The third kappa shape index (κ3) is 5.39. The van der Waals surface area contributed by atoms with E-state index in [1.165, 1.54) is 7.11 Å². The summed E-state index contributed by atoms with van der Waals surface area (Å²) in [6.07, 6.45) is 4.66. The van der Waals surface area contributed by atoms with Crippen molar-refractivity contribution in [3.05, 3.63) is 41.5 Å². The van der Waals surface area contributed by atoms with Gasteiger partial charge in [0, 0.05) is 6.54 Å². The topological polar surface area (TPSA) is 73.4 Å². The summed E-state index contributed by atoms with van der Waals surface area (Å²) in [4.78, 5) is 22.1. The summed E-state index contributed by atoms with van der Waals surface area (Å²) in [5.41, 5.74) is 0.757. The molecule has 178 valence electrons. The van der Waals surface area contributed by atoms with Gasteiger partial charge in [-0.15, -0.1) is 0 Å². The van der Waals surface area contributed by atoms with Crippen LogP contribution in [0.4, 0.5) is 5.82 Å². The van der Waals surface area contributed by atoms with Crippen LogP contribution in [0.25, 0.3) is 6.08 Å². The number of methoxy groups -OCH3 is 3. The number of pyridine rings is 1. The lowest BCUT2D eigenvalue weighted by atomic mass is 9.99. The minimum atomic E-state index is -0.425. The largest absolute Gasteiger partial charge is 0.495 e. The molecule has 0 saturated heterocycles. The second kappa shape index (κ2) is 10.1. The highest BCUT2D eigenvalue weighted by atomic mass is 16.5. The van der Waals surface area contributed by atoms with Crippen LogP contribution in [-0.2, 0) is 0 Å². The van der Waals surface area contributed by atoms with Crippen LogP contribution in [-0.4, -0.2) is 69.9 Å². The van der Waals surface area contributed by atoms with E-state index in [4.69, 9.17) is 18.9 Å². The number of aromatic nitrogens is 1. The van der Waals surface area contributed by atoms with Crippen LogP contribution in [0.15, 0.2) is 30.3 Å². The number of hydrogen-bond donors (Lipinski definition) is 0. The van der Waals surface area contributed by atoms with Crippen molar-refractivity contribution in [2.45, 2.75) is 25.9 Å². The summed E-state index contributed by atoms with van der Waals surface area (Å²) in [7, 11) is 8.63. The maximum absolute atomic E-state index is 13.8. The van der Waals surface area contributed by atoms with Crippen LogP contribution in [0.1, 0.15) is 36.2 Å². The molecule has 0 unspecified atom stereocenters. The van der Waals surface area contributed by atoms with E-state index in [1.807, 2.05) is 46.2 Å². The van der Waals surface area contributed by atoms with Gasteiger partial charge in [-0.25, -0.2) is 0 Å². The fourth-order valence-corrected chi connectivity index (χ4v) is 3.70. The number of nitrogens with zero attached hydrogens (tertiary/aromatic N) is 3. The van der Waals surface area contributed by atoms with Crippen molar-refractivity contribution in [3.63, 3.8) is 0 Å². The smallest absolute Gasteiger partial charge is 0.263 e. The molecule has 2 heterocycles. The zero-order valence-electron chi connectivity index (χ0n) is 20.5. The molecule has 1 amide bonds. The standard InChI is InChI=1S/C25H33N3O5/c1-25(2)14-13-17-19(33-25)10-9-18(22(17)31-6)24(29)28(16-8-15-27(3)4)21-12-11-20(30-5)23(26-21)32-7/h9-14H,8,15-16H2,1-7H3. The molecule has 1 aliphatic rings. The summed E-state index contributed by atoms with van der Waals surface area (Å²) in [6, 6.07) is 7.06. The van der Waals surface area contributed by atoms with Crippen molar-refractivity contribution < 1.29 is 23.7 Å². The van der Waals surface area contributed by atoms with Crippen LogP contribution in [0.3, 0.4) is 0 Å². The fourth-order valence-electron chi connectivity index (χ4n) is 3.70. The van der Waals surface area contributed by atoms with Crippen molar-refractivity contribution in [2.75, 3.05) is 53.4 Å². The summed E-state index contributed by atoms with van der Waals surface area (Å²) < 4.78 is 22.4. The molecule has 0 atom stereocenters. The van der Waals surface area contributed by atoms with E-state index >= 15 is 0 Å². The number of carbonyl (C=O) groups is 1. The predicted molar refractivity (Wildman–Crippen MR) is 129 cm³/mol. The molecule has 0 saturated carbocycles. The molecule has 8 heteroatoms. The maximum Gasteiger partial charge on any atom is 0.263 e. The monoisotopic (exact) mass is 455 g/mol. The quantitative estimate of drug-likeness (QED) is 0.568. The normalized spacial score (nSPS) is 13.8. The Morgan fingerprint density at radius 1 is 1.03 bits per heavy atom. The second-order valence-electron chi connectivity index (χ2n) is 8.59. The number of fused-ring (bicyclic) bond motifs is 1. The third-order valence-electron chi connectivity index (χ3n) is 5.35. The Hall–Kier alpha value is -3.26. The van der Waals surface area contributed by atoms with Crippen LogP contribution >= 0.6 is 0 Å². The van der Waals surface area contributed by atoms with Crippen LogP contribution in [0, 0.1) is 0 Å². The first kappa shape index (κ1) is 24.4. The van der Waals surface area contributed by atoms with Crippen LogP contribution in [0.2, 0.25) is 0 Å². The highest BCUT2D eigenvalue weighted by Gasteiger charge is 2.29. The van der Waals surface area contributed by atoms with Crippen molar-refractivity contribution in [3.8, 4) is 23.1 Å². The molecule has 0 bridgehead atoms. The lowest BCUT2D eigenvalue weighted by molar-refractivity contribution is 0.0982. The third-order valence-corrected chi connectivity index (χ3v) is 5.35. The van der Waals surface area contributed by atoms with E-state index in [-0.39, 0.29) is 5.91 Å². The Morgan fingerprint density at radius 2 is 1.79 bits per heavy atom.